The zero-order valence-corrected chi connectivity index (χ0v) is 13.7. The van der Waals surface area contributed by atoms with Gasteiger partial charge in [0.25, 0.3) is 0 Å². The van der Waals surface area contributed by atoms with Crippen LogP contribution in [0.5, 0.6) is 0 Å². The Bertz CT molecular complexity index is 678. The average Bonchev–Trinajstić information content (AvgIpc) is 2.88. The molecular weight excluding hydrogens is 350 g/mol. The number of carbonyl (C=O) groups excluding carboxylic acids is 2. The van der Waals surface area contributed by atoms with E-state index in [1.807, 2.05) is 23.6 Å². The Labute approximate surface area is 135 Å². The van der Waals surface area contributed by atoms with E-state index in [4.69, 9.17) is 0 Å². The molecule has 0 saturated heterocycles. The first-order chi connectivity index (χ1) is 10.1. The van der Waals surface area contributed by atoms with Crippen LogP contribution < -0.4 is 4.90 Å². The number of fused-ring (bicyclic) bond motifs is 1. The van der Waals surface area contributed by atoms with E-state index in [1.165, 1.54) is 4.88 Å². The minimum Gasteiger partial charge on any atom is -0.303 e. The lowest BCUT2D eigenvalue weighted by Gasteiger charge is -2.20. The fraction of sp³-hybridized carbons (Fsp3) is 0.250. The highest BCUT2D eigenvalue weighted by molar-refractivity contribution is 9.10. The third-order valence-electron chi connectivity index (χ3n) is 3.58. The number of ketones is 1. The second-order valence-electron chi connectivity index (χ2n) is 4.99. The van der Waals surface area contributed by atoms with Gasteiger partial charge in [-0.2, -0.15) is 0 Å². The molecule has 0 fully saturated rings. The standard InChI is InChI=1S/C16H14BrNO2S/c17-12-6-4-11(5-7-12)14(19)10-18-13-8-9-21-15(13)2-1-3-16(18)20/h4-9H,1-3,10H2. The van der Waals surface area contributed by atoms with Gasteiger partial charge in [-0.25, -0.2) is 0 Å². The molecule has 0 aliphatic carbocycles. The van der Waals surface area contributed by atoms with Gasteiger partial charge in [0.1, 0.15) is 0 Å². The molecule has 1 amide bonds. The molecule has 0 bridgehead atoms. The van der Waals surface area contributed by atoms with Crippen molar-refractivity contribution in [2.24, 2.45) is 0 Å². The van der Waals surface area contributed by atoms with Crippen molar-refractivity contribution in [1.29, 1.82) is 0 Å². The Morgan fingerprint density at radius 3 is 2.71 bits per heavy atom. The molecule has 1 aliphatic rings. The first kappa shape index (κ1) is 14.5. The minimum absolute atomic E-state index is 0.0325. The largest absolute Gasteiger partial charge is 0.303 e. The summed E-state index contributed by atoms with van der Waals surface area (Å²) < 4.78 is 0.935. The maximum atomic E-state index is 12.4. The maximum absolute atomic E-state index is 12.4. The molecule has 0 spiro atoms. The molecule has 0 N–H and O–H groups in total. The van der Waals surface area contributed by atoms with Crippen molar-refractivity contribution in [3.8, 4) is 0 Å². The number of rotatable bonds is 3. The predicted octanol–water partition coefficient (Wildman–Crippen LogP) is 4.06. The molecule has 2 heterocycles. The number of anilines is 1. The van der Waals surface area contributed by atoms with E-state index in [0.29, 0.717) is 12.0 Å². The molecule has 3 nitrogen and oxygen atoms in total. The second kappa shape index (κ2) is 6.12. The average molecular weight is 364 g/mol. The third kappa shape index (κ3) is 3.09. The van der Waals surface area contributed by atoms with Crippen molar-refractivity contribution in [2.45, 2.75) is 19.3 Å². The van der Waals surface area contributed by atoms with Gasteiger partial charge in [0.15, 0.2) is 5.78 Å². The van der Waals surface area contributed by atoms with E-state index >= 15 is 0 Å². The first-order valence-corrected chi connectivity index (χ1v) is 8.48. The van der Waals surface area contributed by atoms with Crippen molar-refractivity contribution in [2.75, 3.05) is 11.4 Å². The van der Waals surface area contributed by atoms with Crippen LogP contribution in [-0.4, -0.2) is 18.2 Å². The van der Waals surface area contributed by atoms with Crippen molar-refractivity contribution in [3.05, 3.63) is 50.6 Å². The Balaban J connectivity index is 1.84. The summed E-state index contributed by atoms with van der Waals surface area (Å²) in [6.07, 6.45) is 2.28. The molecule has 3 rings (SSSR count). The van der Waals surface area contributed by atoms with Gasteiger partial charge >= 0.3 is 0 Å². The number of carbonyl (C=O) groups is 2. The van der Waals surface area contributed by atoms with Crippen LogP contribution in [0.15, 0.2) is 40.2 Å². The summed E-state index contributed by atoms with van der Waals surface area (Å²) in [5.74, 6) is 0.00696. The molecule has 1 aromatic carbocycles. The molecule has 1 aromatic heterocycles. The second-order valence-corrected chi connectivity index (χ2v) is 6.91. The Morgan fingerprint density at radius 2 is 1.95 bits per heavy atom. The summed E-state index contributed by atoms with van der Waals surface area (Å²) in [6.45, 7) is 0.115. The van der Waals surface area contributed by atoms with E-state index in [2.05, 4.69) is 15.9 Å². The van der Waals surface area contributed by atoms with Gasteiger partial charge in [0, 0.05) is 21.3 Å². The molecule has 0 unspecified atom stereocenters. The monoisotopic (exact) mass is 363 g/mol. The summed E-state index contributed by atoms with van der Waals surface area (Å²) >= 11 is 5.01. The summed E-state index contributed by atoms with van der Waals surface area (Å²) in [5, 5.41) is 1.99. The van der Waals surface area contributed by atoms with E-state index in [-0.39, 0.29) is 18.2 Å². The lowest BCUT2D eigenvalue weighted by atomic mass is 10.1. The van der Waals surface area contributed by atoms with Crippen molar-refractivity contribution < 1.29 is 9.59 Å². The first-order valence-electron chi connectivity index (χ1n) is 6.80. The lowest BCUT2D eigenvalue weighted by molar-refractivity contribution is -0.118. The van der Waals surface area contributed by atoms with E-state index in [0.717, 1.165) is 23.0 Å². The molecule has 5 heteroatoms. The highest BCUT2D eigenvalue weighted by Gasteiger charge is 2.25. The smallest absolute Gasteiger partial charge is 0.227 e. The molecule has 21 heavy (non-hydrogen) atoms. The number of nitrogens with zero attached hydrogens (tertiary/aromatic N) is 1. The fourth-order valence-electron chi connectivity index (χ4n) is 2.47. The van der Waals surface area contributed by atoms with Crippen molar-refractivity contribution in [1.82, 2.24) is 0 Å². The Kier molecular flexibility index (Phi) is 4.22. The zero-order chi connectivity index (χ0) is 14.8. The Morgan fingerprint density at radius 1 is 1.19 bits per heavy atom. The minimum atomic E-state index is -0.0325. The highest BCUT2D eigenvalue weighted by Crippen LogP contribution is 2.31. The lowest BCUT2D eigenvalue weighted by Crippen LogP contribution is -2.35. The van der Waals surface area contributed by atoms with E-state index < -0.39 is 0 Å². The zero-order valence-electron chi connectivity index (χ0n) is 11.3. The molecule has 1 aliphatic heterocycles. The number of halogens is 1. The van der Waals surface area contributed by atoms with Gasteiger partial charge in [0.05, 0.1) is 12.2 Å². The summed E-state index contributed by atoms with van der Waals surface area (Å²) in [7, 11) is 0. The van der Waals surface area contributed by atoms with Crippen LogP contribution in [0.1, 0.15) is 28.1 Å². The van der Waals surface area contributed by atoms with Crippen LogP contribution >= 0.6 is 27.3 Å². The maximum Gasteiger partial charge on any atom is 0.227 e. The van der Waals surface area contributed by atoms with E-state index in [1.54, 1.807) is 28.4 Å². The topological polar surface area (TPSA) is 37.4 Å². The molecule has 2 aromatic rings. The number of Topliss-reactive ketones (excluding diaryl/α,β-unsaturated/α-hetero) is 1. The van der Waals surface area contributed by atoms with Gasteiger partial charge in [-0.1, -0.05) is 28.1 Å². The van der Waals surface area contributed by atoms with Crippen LogP contribution in [0.2, 0.25) is 0 Å². The predicted molar refractivity (Wildman–Crippen MR) is 88.1 cm³/mol. The van der Waals surface area contributed by atoms with Crippen LogP contribution in [0.25, 0.3) is 0 Å². The number of thiophene rings is 1. The molecular formula is C16H14BrNO2S. The van der Waals surface area contributed by atoms with Crippen LogP contribution in [0.4, 0.5) is 5.69 Å². The number of aryl methyl sites for hydroxylation is 1. The number of benzene rings is 1. The molecule has 0 atom stereocenters. The van der Waals surface area contributed by atoms with Gasteiger partial charge in [-0.05, 0) is 36.4 Å². The molecule has 0 radical (unpaired) electrons. The van der Waals surface area contributed by atoms with Gasteiger partial charge in [-0.3, -0.25) is 9.59 Å². The number of hydrogen-bond acceptors (Lipinski definition) is 3. The normalized spacial score (nSPS) is 14.7. The van der Waals surface area contributed by atoms with E-state index in [9.17, 15) is 9.59 Å². The van der Waals surface area contributed by atoms with Crippen LogP contribution in [-0.2, 0) is 11.2 Å². The number of hydrogen-bond donors (Lipinski definition) is 0. The molecule has 108 valence electrons. The summed E-state index contributed by atoms with van der Waals surface area (Å²) in [4.78, 5) is 27.5. The quantitative estimate of drug-likeness (QED) is 0.771. The van der Waals surface area contributed by atoms with Crippen molar-refractivity contribution in [3.63, 3.8) is 0 Å². The van der Waals surface area contributed by atoms with Gasteiger partial charge in [0.2, 0.25) is 5.91 Å². The highest BCUT2D eigenvalue weighted by atomic mass is 79.9. The van der Waals surface area contributed by atoms with Gasteiger partial charge < -0.3 is 4.90 Å². The van der Waals surface area contributed by atoms with Gasteiger partial charge in [-0.15, -0.1) is 11.3 Å². The number of amides is 1. The summed E-state index contributed by atoms with van der Waals surface area (Å²) in [6, 6.07) is 9.19. The Hall–Kier alpha value is -1.46. The molecule has 0 saturated carbocycles. The third-order valence-corrected chi connectivity index (χ3v) is 5.07. The van der Waals surface area contributed by atoms with Crippen molar-refractivity contribution >= 4 is 44.6 Å². The van der Waals surface area contributed by atoms with Crippen LogP contribution in [0, 0.1) is 0 Å². The summed E-state index contributed by atoms with van der Waals surface area (Å²) in [5.41, 5.74) is 1.54. The SMILES string of the molecule is O=C(CN1C(=O)CCCc2sccc21)c1ccc(Br)cc1. The fourth-order valence-corrected chi connectivity index (χ4v) is 3.66. The van der Waals surface area contributed by atoms with Crippen LogP contribution in [0.3, 0.4) is 0 Å².